The van der Waals surface area contributed by atoms with E-state index in [1.807, 2.05) is 18.2 Å². The summed E-state index contributed by atoms with van der Waals surface area (Å²) in [6.45, 7) is 3.61. The fraction of sp³-hybridized carbons (Fsp3) is 0.444. The van der Waals surface area contributed by atoms with Crippen LogP contribution in [-0.2, 0) is 11.2 Å². The van der Waals surface area contributed by atoms with E-state index >= 15 is 0 Å². The van der Waals surface area contributed by atoms with E-state index < -0.39 is 0 Å². The zero-order valence-electron chi connectivity index (χ0n) is 13.0. The number of Topliss-reactive ketones (excluding diaryl/α,β-unsaturated/α-hetero) is 1. The number of carbonyl (C=O) groups is 2. The van der Waals surface area contributed by atoms with Crippen LogP contribution in [-0.4, -0.2) is 29.7 Å². The zero-order valence-corrected chi connectivity index (χ0v) is 13.0. The number of anilines is 1. The lowest BCUT2D eigenvalue weighted by Crippen LogP contribution is -2.26. The highest BCUT2D eigenvalue weighted by Crippen LogP contribution is 2.28. The molecule has 0 bridgehead atoms. The number of nitrogens with one attached hydrogen (secondary N) is 1. The third kappa shape index (κ3) is 3.21. The van der Waals surface area contributed by atoms with Crippen molar-refractivity contribution in [3.63, 3.8) is 0 Å². The first-order chi connectivity index (χ1) is 10.6. The number of piperidine rings is 1. The first-order valence-corrected chi connectivity index (χ1v) is 8.03. The van der Waals surface area contributed by atoms with Crippen LogP contribution in [0.3, 0.4) is 0 Å². The van der Waals surface area contributed by atoms with Gasteiger partial charge in [-0.3, -0.25) is 9.59 Å². The number of rotatable bonds is 2. The summed E-state index contributed by atoms with van der Waals surface area (Å²) in [7, 11) is 0. The van der Waals surface area contributed by atoms with Crippen molar-refractivity contribution in [1.82, 2.24) is 4.90 Å². The van der Waals surface area contributed by atoms with E-state index in [2.05, 4.69) is 16.4 Å². The largest absolute Gasteiger partial charge is 0.377 e. The maximum atomic E-state index is 12.6. The van der Waals surface area contributed by atoms with Gasteiger partial charge in [0.05, 0.1) is 0 Å². The Hall–Kier alpha value is -2.10. The number of amides is 1. The molecule has 1 amide bonds. The molecule has 1 heterocycles. The Kier molecular flexibility index (Phi) is 4.27. The summed E-state index contributed by atoms with van der Waals surface area (Å²) in [6, 6.07) is 5.57. The highest BCUT2D eigenvalue weighted by molar-refractivity contribution is 6.11. The van der Waals surface area contributed by atoms with E-state index in [1.54, 1.807) is 0 Å². The number of nitrogens with zero attached hydrogens (tertiary/aromatic N) is 1. The number of allylic oxidation sites excluding steroid dienone is 1. The lowest BCUT2D eigenvalue weighted by atomic mass is 9.87. The van der Waals surface area contributed by atoms with Gasteiger partial charge in [0.1, 0.15) is 0 Å². The third-order valence-electron chi connectivity index (χ3n) is 4.35. The van der Waals surface area contributed by atoms with E-state index in [9.17, 15) is 9.59 Å². The Bertz CT molecular complexity index is 628. The molecule has 2 aliphatic rings. The number of fused-ring (bicyclic) bond motifs is 1. The molecule has 116 valence electrons. The van der Waals surface area contributed by atoms with Gasteiger partial charge >= 0.3 is 0 Å². The first kappa shape index (κ1) is 14.8. The second-order valence-corrected chi connectivity index (χ2v) is 6.13. The van der Waals surface area contributed by atoms with Crippen molar-refractivity contribution in [3.05, 3.63) is 41.1 Å². The van der Waals surface area contributed by atoms with Gasteiger partial charge in [0.15, 0.2) is 5.78 Å². The molecule has 1 aliphatic carbocycles. The molecule has 4 nitrogen and oxygen atoms in total. The number of hydrogen-bond donors (Lipinski definition) is 1. The van der Waals surface area contributed by atoms with Crippen LogP contribution >= 0.6 is 0 Å². The molecule has 3 rings (SSSR count). The molecule has 4 heteroatoms. The van der Waals surface area contributed by atoms with Crippen LogP contribution in [0.2, 0.25) is 0 Å². The number of carbonyl (C=O) groups excluding carboxylic acids is 2. The van der Waals surface area contributed by atoms with E-state index in [4.69, 9.17) is 0 Å². The Balaban J connectivity index is 1.80. The predicted molar refractivity (Wildman–Crippen MR) is 86.9 cm³/mol. The summed E-state index contributed by atoms with van der Waals surface area (Å²) in [5, 5.41) is 2.77. The predicted octanol–water partition coefficient (Wildman–Crippen LogP) is 3.14. The Labute approximate surface area is 131 Å². The Morgan fingerprint density at radius 1 is 1.18 bits per heavy atom. The summed E-state index contributed by atoms with van der Waals surface area (Å²) in [5.41, 5.74) is 3.50. The summed E-state index contributed by atoms with van der Waals surface area (Å²) in [6.07, 6.45) is 7.44. The molecule has 0 aromatic heterocycles. The maximum absolute atomic E-state index is 12.6. The quantitative estimate of drug-likeness (QED) is 0.853. The molecule has 0 saturated carbocycles. The Morgan fingerprint density at radius 2 is 1.95 bits per heavy atom. The average molecular weight is 298 g/mol. The van der Waals surface area contributed by atoms with Gasteiger partial charge < -0.3 is 10.2 Å². The molecule has 0 radical (unpaired) electrons. The van der Waals surface area contributed by atoms with Crippen molar-refractivity contribution in [2.75, 3.05) is 18.4 Å². The number of likely N-dealkylation sites (tertiary alicyclic amines) is 1. The third-order valence-corrected chi connectivity index (χ3v) is 4.35. The maximum Gasteiger partial charge on any atom is 0.221 e. The molecular formula is C18H22N2O2. The SMILES string of the molecule is CC(=O)Nc1ccc2c(c1)CCC(=CN1CCCCC1)C2=O. The van der Waals surface area contributed by atoms with Crippen molar-refractivity contribution in [3.8, 4) is 0 Å². The highest BCUT2D eigenvalue weighted by atomic mass is 16.1. The van der Waals surface area contributed by atoms with Crippen molar-refractivity contribution in [1.29, 1.82) is 0 Å². The fourth-order valence-electron chi connectivity index (χ4n) is 3.25. The van der Waals surface area contributed by atoms with Gasteiger partial charge in [0, 0.05) is 43.0 Å². The molecule has 0 atom stereocenters. The molecule has 1 aromatic carbocycles. The normalized spacial score (nSPS) is 20.0. The molecule has 1 fully saturated rings. The number of benzene rings is 1. The fourth-order valence-corrected chi connectivity index (χ4v) is 3.25. The van der Waals surface area contributed by atoms with Gasteiger partial charge in [-0.1, -0.05) is 0 Å². The van der Waals surface area contributed by atoms with Gasteiger partial charge in [-0.15, -0.1) is 0 Å². The lowest BCUT2D eigenvalue weighted by Gasteiger charge is -2.27. The summed E-state index contributed by atoms with van der Waals surface area (Å²) < 4.78 is 0. The minimum atomic E-state index is -0.0900. The Morgan fingerprint density at radius 3 is 2.68 bits per heavy atom. The molecule has 1 saturated heterocycles. The van der Waals surface area contributed by atoms with E-state index in [0.717, 1.165) is 48.3 Å². The van der Waals surface area contributed by atoms with Crippen LogP contribution in [0.4, 0.5) is 5.69 Å². The van der Waals surface area contributed by atoms with E-state index in [1.165, 1.54) is 26.2 Å². The van der Waals surface area contributed by atoms with Crippen LogP contribution in [0.5, 0.6) is 0 Å². The highest BCUT2D eigenvalue weighted by Gasteiger charge is 2.23. The van der Waals surface area contributed by atoms with Crippen LogP contribution in [0.1, 0.15) is 48.5 Å². The molecule has 1 aliphatic heterocycles. The van der Waals surface area contributed by atoms with Crippen LogP contribution in [0.15, 0.2) is 30.0 Å². The van der Waals surface area contributed by atoms with Crippen molar-refractivity contribution < 1.29 is 9.59 Å². The molecule has 1 aromatic rings. The molecule has 0 unspecified atom stereocenters. The standard InChI is InChI=1S/C18H22N2O2/c1-13(21)19-16-7-8-17-14(11-16)5-6-15(18(17)22)12-20-9-3-2-4-10-20/h7-8,11-12H,2-6,9-10H2,1H3,(H,19,21). The van der Waals surface area contributed by atoms with Gasteiger partial charge in [-0.05, 0) is 55.9 Å². The van der Waals surface area contributed by atoms with E-state index in [0.29, 0.717) is 0 Å². The minimum absolute atomic E-state index is 0.0900. The van der Waals surface area contributed by atoms with Gasteiger partial charge in [0.25, 0.3) is 0 Å². The van der Waals surface area contributed by atoms with Gasteiger partial charge in [-0.2, -0.15) is 0 Å². The van der Waals surface area contributed by atoms with Crippen LogP contribution in [0.25, 0.3) is 0 Å². The first-order valence-electron chi connectivity index (χ1n) is 8.03. The number of ketones is 1. The summed E-state index contributed by atoms with van der Waals surface area (Å²) >= 11 is 0. The van der Waals surface area contributed by atoms with Crippen molar-refractivity contribution in [2.45, 2.75) is 39.0 Å². The van der Waals surface area contributed by atoms with Crippen LogP contribution in [0, 0.1) is 0 Å². The molecule has 1 N–H and O–H groups in total. The molecular weight excluding hydrogens is 276 g/mol. The molecule has 0 spiro atoms. The monoisotopic (exact) mass is 298 g/mol. The topological polar surface area (TPSA) is 49.4 Å². The lowest BCUT2D eigenvalue weighted by molar-refractivity contribution is -0.114. The summed E-state index contributed by atoms with van der Waals surface area (Å²) in [4.78, 5) is 26.1. The summed E-state index contributed by atoms with van der Waals surface area (Å²) in [5.74, 6) is 0.0500. The number of hydrogen-bond acceptors (Lipinski definition) is 3. The van der Waals surface area contributed by atoms with Crippen molar-refractivity contribution in [2.24, 2.45) is 0 Å². The average Bonchev–Trinajstić information content (AvgIpc) is 2.50. The van der Waals surface area contributed by atoms with Gasteiger partial charge in [-0.25, -0.2) is 0 Å². The van der Waals surface area contributed by atoms with Crippen molar-refractivity contribution >= 4 is 17.4 Å². The minimum Gasteiger partial charge on any atom is -0.377 e. The molecule has 22 heavy (non-hydrogen) atoms. The van der Waals surface area contributed by atoms with Gasteiger partial charge in [0.2, 0.25) is 5.91 Å². The van der Waals surface area contributed by atoms with Crippen LogP contribution < -0.4 is 5.32 Å². The second-order valence-electron chi connectivity index (χ2n) is 6.13. The van der Waals surface area contributed by atoms with E-state index in [-0.39, 0.29) is 11.7 Å². The zero-order chi connectivity index (χ0) is 15.5. The second kappa shape index (κ2) is 6.34. The number of aryl methyl sites for hydroxylation is 1. The smallest absolute Gasteiger partial charge is 0.221 e.